The molecule has 118 valence electrons. The first-order valence-corrected chi connectivity index (χ1v) is 7.53. The van der Waals surface area contributed by atoms with Crippen molar-refractivity contribution in [2.24, 2.45) is 0 Å². The van der Waals surface area contributed by atoms with Gasteiger partial charge >= 0.3 is 0 Å². The summed E-state index contributed by atoms with van der Waals surface area (Å²) in [5, 5.41) is 10.2. The molecule has 4 aromatic rings. The highest BCUT2D eigenvalue weighted by Gasteiger charge is 2.18. The number of aromatic hydroxyl groups is 1. The highest BCUT2D eigenvalue weighted by atomic mass is 16.5. The number of rotatable bonds is 3. The van der Waals surface area contributed by atoms with Crippen LogP contribution in [0.3, 0.4) is 0 Å². The number of ether oxygens (including phenoxy) is 1. The SMILES string of the molecule is COc1ccncc1-c1nc(-c2ccccc2O)n2ccccc12. The number of phenols is 1. The van der Waals surface area contributed by atoms with Crippen LogP contribution in [0.4, 0.5) is 0 Å². The van der Waals surface area contributed by atoms with E-state index >= 15 is 0 Å². The Kier molecular flexibility index (Phi) is 3.39. The minimum Gasteiger partial charge on any atom is -0.507 e. The summed E-state index contributed by atoms with van der Waals surface area (Å²) in [5.41, 5.74) is 3.17. The second-order valence-electron chi connectivity index (χ2n) is 5.33. The zero-order valence-electron chi connectivity index (χ0n) is 13.0. The van der Waals surface area contributed by atoms with Crippen LogP contribution in [0.2, 0.25) is 0 Å². The molecule has 0 amide bonds. The summed E-state index contributed by atoms with van der Waals surface area (Å²) < 4.78 is 7.40. The molecule has 0 bridgehead atoms. The molecule has 0 aliphatic heterocycles. The molecule has 0 aliphatic rings. The van der Waals surface area contributed by atoms with Gasteiger partial charge in [0.25, 0.3) is 0 Å². The number of hydrogen-bond donors (Lipinski definition) is 1. The average Bonchev–Trinajstić information content (AvgIpc) is 3.01. The largest absolute Gasteiger partial charge is 0.507 e. The van der Waals surface area contributed by atoms with Gasteiger partial charge in [0.1, 0.15) is 23.0 Å². The molecule has 4 rings (SSSR count). The molecule has 3 heterocycles. The van der Waals surface area contributed by atoms with Gasteiger partial charge in [-0.3, -0.25) is 9.38 Å². The molecule has 0 unspecified atom stereocenters. The standard InChI is InChI=1S/C19H15N3O2/c1-24-17-9-10-20-12-14(17)18-15-7-4-5-11-22(15)19(21-18)13-6-2-3-8-16(13)23/h2-12,23H,1H3. The number of methoxy groups -OCH3 is 1. The van der Waals surface area contributed by atoms with E-state index in [1.165, 1.54) is 0 Å². The number of hydrogen-bond acceptors (Lipinski definition) is 4. The number of aromatic nitrogens is 3. The third-order valence-corrected chi connectivity index (χ3v) is 3.95. The Labute approximate surface area is 138 Å². The molecule has 24 heavy (non-hydrogen) atoms. The van der Waals surface area contributed by atoms with Crippen LogP contribution in [0.15, 0.2) is 67.1 Å². The topological polar surface area (TPSA) is 59.7 Å². The molecular formula is C19H15N3O2. The maximum Gasteiger partial charge on any atom is 0.149 e. The van der Waals surface area contributed by atoms with Crippen molar-refractivity contribution in [1.82, 2.24) is 14.4 Å². The van der Waals surface area contributed by atoms with Gasteiger partial charge in [0.2, 0.25) is 0 Å². The summed E-state index contributed by atoms with van der Waals surface area (Å²) in [5.74, 6) is 1.57. The molecule has 1 aromatic carbocycles. The normalized spacial score (nSPS) is 10.9. The van der Waals surface area contributed by atoms with Gasteiger partial charge in [-0.15, -0.1) is 0 Å². The van der Waals surface area contributed by atoms with Crippen LogP contribution in [0.5, 0.6) is 11.5 Å². The highest BCUT2D eigenvalue weighted by Crippen LogP contribution is 2.36. The molecule has 0 saturated heterocycles. The number of para-hydroxylation sites is 1. The van der Waals surface area contributed by atoms with Crippen molar-refractivity contribution in [1.29, 1.82) is 0 Å². The lowest BCUT2D eigenvalue weighted by Gasteiger charge is -2.05. The van der Waals surface area contributed by atoms with Gasteiger partial charge in [-0.05, 0) is 30.3 Å². The molecule has 0 fully saturated rings. The lowest BCUT2D eigenvalue weighted by molar-refractivity contribution is 0.416. The third-order valence-electron chi connectivity index (χ3n) is 3.95. The first-order chi connectivity index (χ1) is 11.8. The summed E-state index contributed by atoms with van der Waals surface area (Å²) in [6, 6.07) is 14.9. The van der Waals surface area contributed by atoms with E-state index in [2.05, 4.69) is 4.98 Å². The van der Waals surface area contributed by atoms with Crippen molar-refractivity contribution in [3.05, 3.63) is 67.1 Å². The molecule has 5 heteroatoms. The van der Waals surface area contributed by atoms with E-state index in [-0.39, 0.29) is 5.75 Å². The van der Waals surface area contributed by atoms with Gasteiger partial charge in [0.15, 0.2) is 0 Å². The summed E-state index contributed by atoms with van der Waals surface area (Å²) in [6.45, 7) is 0. The summed E-state index contributed by atoms with van der Waals surface area (Å²) in [4.78, 5) is 8.98. The smallest absolute Gasteiger partial charge is 0.149 e. The lowest BCUT2D eigenvalue weighted by Crippen LogP contribution is -1.89. The Balaban J connectivity index is 2.04. The fourth-order valence-corrected chi connectivity index (χ4v) is 2.83. The van der Waals surface area contributed by atoms with E-state index < -0.39 is 0 Å². The van der Waals surface area contributed by atoms with Gasteiger partial charge in [-0.1, -0.05) is 18.2 Å². The van der Waals surface area contributed by atoms with Crippen molar-refractivity contribution in [2.45, 2.75) is 0 Å². The first kappa shape index (κ1) is 14.3. The van der Waals surface area contributed by atoms with Crippen LogP contribution in [0.1, 0.15) is 0 Å². The number of pyridine rings is 2. The Bertz CT molecular complexity index is 1020. The van der Waals surface area contributed by atoms with Crippen LogP contribution in [-0.4, -0.2) is 26.6 Å². The zero-order valence-corrected chi connectivity index (χ0v) is 13.0. The second-order valence-corrected chi connectivity index (χ2v) is 5.33. The van der Waals surface area contributed by atoms with Crippen LogP contribution < -0.4 is 4.74 Å². The predicted octanol–water partition coefficient (Wildman–Crippen LogP) is 3.78. The number of nitrogens with zero attached hydrogens (tertiary/aromatic N) is 3. The van der Waals surface area contributed by atoms with E-state index in [1.54, 1.807) is 31.6 Å². The first-order valence-electron chi connectivity index (χ1n) is 7.53. The molecule has 0 atom stereocenters. The van der Waals surface area contributed by atoms with Crippen LogP contribution in [0.25, 0.3) is 28.2 Å². The fraction of sp³-hybridized carbons (Fsp3) is 0.0526. The monoisotopic (exact) mass is 317 g/mol. The summed E-state index contributed by atoms with van der Waals surface area (Å²) >= 11 is 0. The zero-order chi connectivity index (χ0) is 16.5. The second kappa shape index (κ2) is 5.70. The third kappa shape index (κ3) is 2.18. The van der Waals surface area contributed by atoms with Crippen molar-refractivity contribution in [2.75, 3.05) is 7.11 Å². The van der Waals surface area contributed by atoms with Crippen molar-refractivity contribution in [3.8, 4) is 34.1 Å². The fourth-order valence-electron chi connectivity index (χ4n) is 2.83. The van der Waals surface area contributed by atoms with Crippen molar-refractivity contribution >= 4 is 5.52 Å². The maximum absolute atomic E-state index is 10.2. The minimum atomic E-state index is 0.193. The van der Waals surface area contributed by atoms with Gasteiger partial charge in [0.05, 0.1) is 23.8 Å². The van der Waals surface area contributed by atoms with Crippen LogP contribution >= 0.6 is 0 Å². The Morgan fingerprint density at radius 3 is 2.67 bits per heavy atom. The van der Waals surface area contributed by atoms with Gasteiger partial charge in [-0.2, -0.15) is 0 Å². The van der Waals surface area contributed by atoms with Crippen molar-refractivity contribution in [3.63, 3.8) is 0 Å². The Hall–Kier alpha value is -3.34. The molecule has 0 radical (unpaired) electrons. The Morgan fingerprint density at radius 2 is 1.83 bits per heavy atom. The minimum absolute atomic E-state index is 0.193. The predicted molar refractivity (Wildman–Crippen MR) is 92.1 cm³/mol. The summed E-state index contributed by atoms with van der Waals surface area (Å²) in [7, 11) is 1.63. The molecule has 5 nitrogen and oxygen atoms in total. The quantitative estimate of drug-likeness (QED) is 0.625. The maximum atomic E-state index is 10.2. The molecule has 1 N–H and O–H groups in total. The number of benzene rings is 1. The Morgan fingerprint density at radius 1 is 1.00 bits per heavy atom. The van der Waals surface area contributed by atoms with Crippen molar-refractivity contribution < 1.29 is 9.84 Å². The van der Waals surface area contributed by atoms with E-state index in [1.807, 2.05) is 47.0 Å². The van der Waals surface area contributed by atoms with E-state index in [0.29, 0.717) is 17.1 Å². The van der Waals surface area contributed by atoms with E-state index in [4.69, 9.17) is 9.72 Å². The van der Waals surface area contributed by atoms with Gasteiger partial charge in [0, 0.05) is 18.6 Å². The van der Waals surface area contributed by atoms with E-state index in [0.717, 1.165) is 16.8 Å². The lowest BCUT2D eigenvalue weighted by atomic mass is 10.1. The molecule has 0 spiro atoms. The molecule has 0 aliphatic carbocycles. The number of fused-ring (bicyclic) bond motifs is 1. The van der Waals surface area contributed by atoms with Crippen LogP contribution in [-0.2, 0) is 0 Å². The average molecular weight is 317 g/mol. The molecule has 0 saturated carbocycles. The molecule has 3 aromatic heterocycles. The van der Waals surface area contributed by atoms with E-state index in [9.17, 15) is 5.11 Å². The number of imidazole rings is 1. The number of phenolic OH excluding ortho intramolecular Hbond substituents is 1. The highest BCUT2D eigenvalue weighted by molar-refractivity contribution is 5.84. The van der Waals surface area contributed by atoms with Crippen LogP contribution in [0, 0.1) is 0 Å². The van der Waals surface area contributed by atoms with Gasteiger partial charge < -0.3 is 9.84 Å². The summed E-state index contributed by atoms with van der Waals surface area (Å²) in [6.07, 6.45) is 5.35. The van der Waals surface area contributed by atoms with Gasteiger partial charge in [-0.25, -0.2) is 4.98 Å². The molecular weight excluding hydrogens is 302 g/mol.